The van der Waals surface area contributed by atoms with E-state index in [1.807, 2.05) is 0 Å². The Morgan fingerprint density at radius 3 is 3.00 bits per heavy atom. The van der Waals surface area contributed by atoms with E-state index in [0.717, 1.165) is 5.92 Å². The number of rotatable bonds is 0. The summed E-state index contributed by atoms with van der Waals surface area (Å²) in [6.07, 6.45) is 7.36. The summed E-state index contributed by atoms with van der Waals surface area (Å²) in [5.74, 6) is 0.884. The fourth-order valence-corrected chi connectivity index (χ4v) is 1.64. The first-order chi connectivity index (χ1) is 3.88. The first-order valence-corrected chi connectivity index (χ1v) is 3.26. The molecular formula is C8H10. The molecule has 0 saturated heterocycles. The second kappa shape index (κ2) is 1.25. The van der Waals surface area contributed by atoms with Gasteiger partial charge in [0.15, 0.2) is 0 Å². The van der Waals surface area contributed by atoms with Gasteiger partial charge in [-0.2, -0.15) is 0 Å². The summed E-state index contributed by atoms with van der Waals surface area (Å²) < 4.78 is 0. The second-order valence-electron chi connectivity index (χ2n) is 2.72. The Morgan fingerprint density at radius 1 is 1.62 bits per heavy atom. The third-order valence-electron chi connectivity index (χ3n) is 2.18. The van der Waals surface area contributed by atoms with E-state index in [1.165, 1.54) is 12.8 Å². The van der Waals surface area contributed by atoms with Crippen LogP contribution < -0.4 is 0 Å². The first kappa shape index (κ1) is 4.37. The van der Waals surface area contributed by atoms with Crippen molar-refractivity contribution in [2.75, 3.05) is 0 Å². The molecule has 0 aromatic rings. The lowest BCUT2D eigenvalue weighted by Crippen LogP contribution is -2.08. The maximum atomic E-state index is 2.36. The third kappa shape index (κ3) is 0.360. The van der Waals surface area contributed by atoms with Gasteiger partial charge in [-0.1, -0.05) is 17.7 Å². The zero-order valence-corrected chi connectivity index (χ0v) is 5.15. The van der Waals surface area contributed by atoms with E-state index in [1.54, 1.807) is 11.1 Å². The van der Waals surface area contributed by atoms with Crippen LogP contribution in [0.2, 0.25) is 0 Å². The SMILES string of the molecule is CC1=CC2=CCCC12. The van der Waals surface area contributed by atoms with E-state index in [9.17, 15) is 0 Å². The van der Waals surface area contributed by atoms with Crippen molar-refractivity contribution in [3.8, 4) is 0 Å². The molecule has 0 heteroatoms. The quantitative estimate of drug-likeness (QED) is 0.444. The summed E-state index contributed by atoms with van der Waals surface area (Å²) in [6.45, 7) is 2.23. The molecule has 2 aliphatic rings. The average Bonchev–Trinajstić information content (AvgIpc) is 2.09. The predicted octanol–water partition coefficient (Wildman–Crippen LogP) is 2.28. The molecule has 0 nitrogen and oxygen atoms in total. The zero-order valence-electron chi connectivity index (χ0n) is 5.15. The van der Waals surface area contributed by atoms with E-state index in [-0.39, 0.29) is 0 Å². The lowest BCUT2D eigenvalue weighted by Gasteiger charge is -2.22. The monoisotopic (exact) mass is 106 g/mol. The molecule has 0 bridgehead atoms. The Kier molecular flexibility index (Phi) is 0.682. The number of hydrogen-bond donors (Lipinski definition) is 0. The molecule has 0 spiro atoms. The van der Waals surface area contributed by atoms with Crippen molar-refractivity contribution in [3.63, 3.8) is 0 Å². The lowest BCUT2D eigenvalue weighted by molar-refractivity contribution is 0.672. The fraction of sp³-hybridized carbons (Fsp3) is 0.500. The van der Waals surface area contributed by atoms with Gasteiger partial charge in [-0.25, -0.2) is 0 Å². The van der Waals surface area contributed by atoms with Gasteiger partial charge in [0.2, 0.25) is 0 Å². The molecule has 0 aliphatic heterocycles. The Bertz CT molecular complexity index is 172. The summed E-state index contributed by atoms with van der Waals surface area (Å²) in [6, 6.07) is 0. The minimum Gasteiger partial charge on any atom is -0.0807 e. The van der Waals surface area contributed by atoms with Gasteiger partial charge >= 0.3 is 0 Å². The Hall–Kier alpha value is -0.520. The van der Waals surface area contributed by atoms with Crippen LogP contribution in [-0.4, -0.2) is 0 Å². The first-order valence-electron chi connectivity index (χ1n) is 3.26. The van der Waals surface area contributed by atoms with E-state index in [4.69, 9.17) is 0 Å². The van der Waals surface area contributed by atoms with Crippen molar-refractivity contribution in [1.29, 1.82) is 0 Å². The standard InChI is InChI=1S/C8H10/c1-6-5-7-3-2-4-8(6)7/h3,5,8H,2,4H2,1H3. The van der Waals surface area contributed by atoms with E-state index in [2.05, 4.69) is 19.1 Å². The van der Waals surface area contributed by atoms with Gasteiger partial charge in [0.25, 0.3) is 0 Å². The number of hydrogen-bond acceptors (Lipinski definition) is 0. The van der Waals surface area contributed by atoms with Crippen LogP contribution in [-0.2, 0) is 0 Å². The van der Waals surface area contributed by atoms with Gasteiger partial charge in [0.1, 0.15) is 0 Å². The minimum atomic E-state index is 0.884. The van der Waals surface area contributed by atoms with E-state index < -0.39 is 0 Å². The van der Waals surface area contributed by atoms with Crippen LogP contribution in [0.25, 0.3) is 0 Å². The Morgan fingerprint density at radius 2 is 2.50 bits per heavy atom. The highest BCUT2D eigenvalue weighted by atomic mass is 14.3. The molecule has 42 valence electrons. The van der Waals surface area contributed by atoms with Crippen molar-refractivity contribution in [2.24, 2.45) is 5.92 Å². The summed E-state index contributed by atoms with van der Waals surface area (Å²) in [5, 5.41) is 0. The largest absolute Gasteiger partial charge is 0.0807 e. The van der Waals surface area contributed by atoms with Gasteiger partial charge in [0, 0.05) is 5.92 Å². The maximum absolute atomic E-state index is 2.36. The molecule has 0 radical (unpaired) electrons. The van der Waals surface area contributed by atoms with Crippen LogP contribution in [0, 0.1) is 5.92 Å². The third-order valence-corrected chi connectivity index (χ3v) is 2.18. The summed E-state index contributed by atoms with van der Waals surface area (Å²) in [5.41, 5.74) is 3.19. The molecule has 0 amide bonds. The van der Waals surface area contributed by atoms with Crippen LogP contribution in [0.3, 0.4) is 0 Å². The highest BCUT2D eigenvalue weighted by molar-refractivity contribution is 5.44. The van der Waals surface area contributed by atoms with Crippen LogP contribution >= 0.6 is 0 Å². The molecule has 0 aromatic heterocycles. The molecule has 0 heterocycles. The highest BCUT2D eigenvalue weighted by Gasteiger charge is 2.25. The van der Waals surface area contributed by atoms with Gasteiger partial charge in [-0.3, -0.25) is 0 Å². The van der Waals surface area contributed by atoms with Crippen molar-refractivity contribution >= 4 is 0 Å². The topological polar surface area (TPSA) is 0 Å². The molecule has 8 heavy (non-hydrogen) atoms. The van der Waals surface area contributed by atoms with Crippen LogP contribution in [0.15, 0.2) is 23.3 Å². The van der Waals surface area contributed by atoms with E-state index >= 15 is 0 Å². The minimum absolute atomic E-state index is 0.884. The second-order valence-corrected chi connectivity index (χ2v) is 2.72. The van der Waals surface area contributed by atoms with Crippen molar-refractivity contribution < 1.29 is 0 Å². The van der Waals surface area contributed by atoms with Crippen molar-refractivity contribution in [1.82, 2.24) is 0 Å². The maximum Gasteiger partial charge on any atom is 0.00484 e. The molecular weight excluding hydrogens is 96.1 g/mol. The van der Waals surface area contributed by atoms with Crippen molar-refractivity contribution in [2.45, 2.75) is 19.8 Å². The molecule has 1 unspecified atom stereocenters. The smallest absolute Gasteiger partial charge is 0.00484 e. The molecule has 0 fully saturated rings. The molecule has 1 atom stereocenters. The zero-order chi connectivity index (χ0) is 5.56. The van der Waals surface area contributed by atoms with Crippen molar-refractivity contribution in [3.05, 3.63) is 23.3 Å². The number of fused-ring (bicyclic) bond motifs is 1. The summed E-state index contributed by atoms with van der Waals surface area (Å²) in [7, 11) is 0. The van der Waals surface area contributed by atoms with Gasteiger partial charge < -0.3 is 0 Å². The van der Waals surface area contributed by atoms with Crippen LogP contribution in [0.1, 0.15) is 19.8 Å². The molecule has 0 saturated carbocycles. The molecule has 0 aromatic carbocycles. The summed E-state index contributed by atoms with van der Waals surface area (Å²) >= 11 is 0. The molecule has 2 aliphatic carbocycles. The Labute approximate surface area is 49.9 Å². The van der Waals surface area contributed by atoms with Gasteiger partial charge in [-0.15, -0.1) is 0 Å². The lowest BCUT2D eigenvalue weighted by atomic mass is 9.83. The van der Waals surface area contributed by atoms with Gasteiger partial charge in [-0.05, 0) is 25.3 Å². The highest BCUT2D eigenvalue weighted by Crippen LogP contribution is 2.40. The molecule has 0 N–H and O–H groups in total. The average molecular weight is 106 g/mol. The summed E-state index contributed by atoms with van der Waals surface area (Å²) in [4.78, 5) is 0. The number of allylic oxidation sites excluding steroid dienone is 4. The van der Waals surface area contributed by atoms with Crippen LogP contribution in [0.5, 0.6) is 0 Å². The van der Waals surface area contributed by atoms with E-state index in [0.29, 0.717) is 0 Å². The van der Waals surface area contributed by atoms with Crippen LogP contribution in [0.4, 0.5) is 0 Å². The Balaban J connectivity index is 2.34. The fourth-order valence-electron chi connectivity index (χ4n) is 1.64. The normalized spacial score (nSPS) is 32.9. The molecule has 2 rings (SSSR count). The van der Waals surface area contributed by atoms with Gasteiger partial charge in [0.05, 0.1) is 0 Å². The predicted molar refractivity (Wildman–Crippen MR) is 34.6 cm³/mol.